The second-order valence-electron chi connectivity index (χ2n) is 3.81. The number of carboxylic acid groups (broad SMARTS) is 1. The van der Waals surface area contributed by atoms with Gasteiger partial charge in [-0.3, -0.25) is 0 Å². The van der Waals surface area contributed by atoms with Crippen molar-refractivity contribution < 1.29 is 15.0 Å². The molecule has 3 heteroatoms. The van der Waals surface area contributed by atoms with Crippen molar-refractivity contribution in [3.05, 3.63) is 0 Å². The Hall–Kier alpha value is -0.570. The number of carboxylic acids is 1. The van der Waals surface area contributed by atoms with Gasteiger partial charge in [0.15, 0.2) is 5.60 Å². The molecule has 0 amide bonds. The van der Waals surface area contributed by atoms with Gasteiger partial charge in [0.25, 0.3) is 0 Å². The van der Waals surface area contributed by atoms with Crippen LogP contribution in [0.1, 0.15) is 25.7 Å². The Morgan fingerprint density at radius 3 is 2.45 bits per heavy atom. The molecular weight excluding hydrogens is 144 g/mol. The molecule has 0 aliphatic heterocycles. The number of aliphatic carboxylic acids is 1. The normalized spacial score (nSPS) is 48.1. The molecule has 2 fully saturated rings. The molecule has 2 N–H and O–H groups in total. The zero-order valence-corrected chi connectivity index (χ0v) is 6.29. The SMILES string of the molecule is O=C(O)C1(O)CC2CCC1C2. The van der Waals surface area contributed by atoms with E-state index >= 15 is 0 Å². The van der Waals surface area contributed by atoms with Crippen LogP contribution in [0.5, 0.6) is 0 Å². The summed E-state index contributed by atoms with van der Waals surface area (Å²) in [4.78, 5) is 10.7. The predicted octanol–water partition coefficient (Wildman–Crippen LogP) is 0.622. The average Bonchev–Trinajstić information content (AvgIpc) is 2.45. The van der Waals surface area contributed by atoms with Crippen LogP contribution in [0, 0.1) is 11.8 Å². The van der Waals surface area contributed by atoms with Crippen molar-refractivity contribution in [3.8, 4) is 0 Å². The molecule has 0 heterocycles. The smallest absolute Gasteiger partial charge is 0.335 e. The van der Waals surface area contributed by atoms with Gasteiger partial charge in [-0.05, 0) is 37.5 Å². The first-order chi connectivity index (χ1) is 5.13. The number of carbonyl (C=O) groups is 1. The van der Waals surface area contributed by atoms with Crippen molar-refractivity contribution in [2.75, 3.05) is 0 Å². The van der Waals surface area contributed by atoms with E-state index in [1.165, 1.54) is 0 Å². The molecule has 2 saturated carbocycles. The summed E-state index contributed by atoms with van der Waals surface area (Å²) in [5.74, 6) is -0.518. The van der Waals surface area contributed by atoms with Gasteiger partial charge < -0.3 is 10.2 Å². The highest BCUT2D eigenvalue weighted by Crippen LogP contribution is 2.50. The Morgan fingerprint density at radius 1 is 1.45 bits per heavy atom. The van der Waals surface area contributed by atoms with Crippen LogP contribution in [-0.2, 0) is 4.79 Å². The lowest BCUT2D eigenvalue weighted by molar-refractivity contribution is -0.164. The monoisotopic (exact) mass is 156 g/mol. The Balaban J connectivity index is 2.23. The Bertz CT molecular complexity index is 202. The van der Waals surface area contributed by atoms with E-state index in [-0.39, 0.29) is 5.92 Å². The number of hydrogen-bond acceptors (Lipinski definition) is 2. The van der Waals surface area contributed by atoms with Crippen LogP contribution < -0.4 is 0 Å². The fourth-order valence-corrected chi connectivity index (χ4v) is 2.56. The Kier molecular flexibility index (Phi) is 1.27. The quantitative estimate of drug-likeness (QED) is 0.585. The highest BCUT2D eigenvalue weighted by Gasteiger charge is 2.54. The zero-order valence-electron chi connectivity index (χ0n) is 6.29. The van der Waals surface area contributed by atoms with Gasteiger partial charge in [0.1, 0.15) is 0 Å². The maximum Gasteiger partial charge on any atom is 0.335 e. The number of fused-ring (bicyclic) bond motifs is 2. The summed E-state index contributed by atoms with van der Waals surface area (Å²) in [6.45, 7) is 0. The summed E-state index contributed by atoms with van der Waals surface area (Å²) in [6.07, 6.45) is 3.41. The summed E-state index contributed by atoms with van der Waals surface area (Å²) >= 11 is 0. The third-order valence-corrected chi connectivity index (χ3v) is 3.19. The molecule has 2 aliphatic carbocycles. The summed E-state index contributed by atoms with van der Waals surface area (Å²) in [6, 6.07) is 0. The lowest BCUT2D eigenvalue weighted by atomic mass is 9.84. The first kappa shape index (κ1) is 7.10. The Morgan fingerprint density at radius 2 is 2.18 bits per heavy atom. The predicted molar refractivity (Wildman–Crippen MR) is 38.0 cm³/mol. The van der Waals surface area contributed by atoms with E-state index in [4.69, 9.17) is 5.11 Å². The van der Waals surface area contributed by atoms with Crippen molar-refractivity contribution in [2.24, 2.45) is 11.8 Å². The minimum absolute atomic E-state index is 0.0324. The van der Waals surface area contributed by atoms with Crippen LogP contribution in [0.25, 0.3) is 0 Å². The molecule has 2 bridgehead atoms. The molecule has 0 spiro atoms. The molecular formula is C8H12O3. The number of hydrogen-bond donors (Lipinski definition) is 2. The van der Waals surface area contributed by atoms with E-state index in [1.807, 2.05) is 0 Å². The lowest BCUT2D eigenvalue weighted by Crippen LogP contribution is -2.43. The molecule has 11 heavy (non-hydrogen) atoms. The fourth-order valence-electron chi connectivity index (χ4n) is 2.56. The van der Waals surface area contributed by atoms with Crippen LogP contribution in [0.3, 0.4) is 0 Å². The summed E-state index contributed by atoms with van der Waals surface area (Å²) in [5, 5.41) is 18.4. The van der Waals surface area contributed by atoms with E-state index in [0.29, 0.717) is 12.3 Å². The van der Waals surface area contributed by atoms with Crippen molar-refractivity contribution in [3.63, 3.8) is 0 Å². The molecule has 0 saturated heterocycles. The van der Waals surface area contributed by atoms with Crippen LogP contribution in [0.15, 0.2) is 0 Å². The van der Waals surface area contributed by atoms with Crippen LogP contribution in [0.2, 0.25) is 0 Å². The molecule has 3 unspecified atom stereocenters. The van der Waals surface area contributed by atoms with Gasteiger partial charge in [0.05, 0.1) is 0 Å². The molecule has 2 rings (SSSR count). The van der Waals surface area contributed by atoms with Gasteiger partial charge in [0, 0.05) is 0 Å². The van der Waals surface area contributed by atoms with Gasteiger partial charge in [-0.25, -0.2) is 4.79 Å². The number of rotatable bonds is 1. The van der Waals surface area contributed by atoms with Gasteiger partial charge >= 0.3 is 5.97 Å². The minimum atomic E-state index is -1.37. The lowest BCUT2D eigenvalue weighted by Gasteiger charge is -2.27. The molecule has 3 atom stereocenters. The molecule has 0 aromatic carbocycles. The largest absolute Gasteiger partial charge is 0.479 e. The summed E-state index contributed by atoms with van der Waals surface area (Å²) in [5.41, 5.74) is -1.37. The molecule has 62 valence electrons. The maximum atomic E-state index is 10.7. The van der Waals surface area contributed by atoms with Crippen molar-refractivity contribution in [2.45, 2.75) is 31.3 Å². The Labute approximate surface area is 65.0 Å². The third-order valence-electron chi connectivity index (χ3n) is 3.19. The van der Waals surface area contributed by atoms with E-state index < -0.39 is 11.6 Å². The number of aliphatic hydroxyl groups is 1. The second kappa shape index (κ2) is 1.97. The molecule has 0 aromatic heterocycles. The zero-order chi connectivity index (χ0) is 8.06. The van der Waals surface area contributed by atoms with E-state index in [2.05, 4.69) is 0 Å². The third kappa shape index (κ3) is 0.805. The van der Waals surface area contributed by atoms with Gasteiger partial charge in [-0.1, -0.05) is 0 Å². The minimum Gasteiger partial charge on any atom is -0.479 e. The standard InChI is InChI=1S/C8H12O3/c9-7(10)8(11)4-5-1-2-6(8)3-5/h5-6,11H,1-4H2,(H,9,10). The molecule has 2 aliphatic rings. The fraction of sp³-hybridized carbons (Fsp3) is 0.875. The van der Waals surface area contributed by atoms with E-state index in [1.54, 1.807) is 0 Å². The summed E-state index contributed by atoms with van der Waals surface area (Å²) in [7, 11) is 0. The molecule has 0 aromatic rings. The van der Waals surface area contributed by atoms with Gasteiger partial charge in [0.2, 0.25) is 0 Å². The highest BCUT2D eigenvalue weighted by atomic mass is 16.4. The second-order valence-corrected chi connectivity index (χ2v) is 3.81. The van der Waals surface area contributed by atoms with Gasteiger partial charge in [-0.2, -0.15) is 0 Å². The van der Waals surface area contributed by atoms with Gasteiger partial charge in [-0.15, -0.1) is 0 Å². The maximum absolute atomic E-state index is 10.7. The highest BCUT2D eigenvalue weighted by molar-refractivity contribution is 5.78. The van der Waals surface area contributed by atoms with Crippen LogP contribution in [0.4, 0.5) is 0 Å². The summed E-state index contributed by atoms with van der Waals surface area (Å²) < 4.78 is 0. The van der Waals surface area contributed by atoms with Crippen molar-refractivity contribution >= 4 is 5.97 Å². The first-order valence-electron chi connectivity index (χ1n) is 4.08. The molecule has 0 radical (unpaired) electrons. The van der Waals surface area contributed by atoms with Crippen molar-refractivity contribution in [1.82, 2.24) is 0 Å². The van der Waals surface area contributed by atoms with Crippen molar-refractivity contribution in [1.29, 1.82) is 0 Å². The molecule has 3 nitrogen and oxygen atoms in total. The van der Waals surface area contributed by atoms with E-state index in [9.17, 15) is 9.90 Å². The van der Waals surface area contributed by atoms with E-state index in [0.717, 1.165) is 19.3 Å². The van der Waals surface area contributed by atoms with Crippen LogP contribution >= 0.6 is 0 Å². The average molecular weight is 156 g/mol. The first-order valence-corrected chi connectivity index (χ1v) is 4.08. The topological polar surface area (TPSA) is 57.5 Å². The van der Waals surface area contributed by atoms with Crippen LogP contribution in [-0.4, -0.2) is 21.8 Å².